The van der Waals surface area contributed by atoms with Crippen molar-refractivity contribution in [1.82, 2.24) is 5.32 Å². The van der Waals surface area contributed by atoms with Crippen molar-refractivity contribution in [2.45, 2.75) is 32.6 Å². The van der Waals surface area contributed by atoms with Gasteiger partial charge in [0.1, 0.15) is 0 Å². The van der Waals surface area contributed by atoms with Gasteiger partial charge in [-0.1, -0.05) is 19.8 Å². The molecular weight excluding hydrogens is 220 g/mol. The van der Waals surface area contributed by atoms with Gasteiger partial charge in [-0.25, -0.2) is 0 Å². The highest BCUT2D eigenvalue weighted by Crippen LogP contribution is 2.29. The van der Waals surface area contributed by atoms with Crippen LogP contribution >= 0.6 is 0 Å². The van der Waals surface area contributed by atoms with Crippen molar-refractivity contribution in [3.8, 4) is 0 Å². The van der Waals surface area contributed by atoms with Crippen LogP contribution in [-0.4, -0.2) is 30.1 Å². The van der Waals surface area contributed by atoms with Gasteiger partial charge in [-0.2, -0.15) is 0 Å². The van der Waals surface area contributed by atoms with Crippen LogP contribution in [0.1, 0.15) is 32.6 Å². The third-order valence-corrected chi connectivity index (χ3v) is 3.57. The lowest BCUT2D eigenvalue weighted by molar-refractivity contribution is -0.144. The van der Waals surface area contributed by atoms with Crippen LogP contribution in [-0.2, 0) is 9.59 Å². The van der Waals surface area contributed by atoms with Crippen molar-refractivity contribution in [2.75, 3.05) is 13.1 Å². The molecule has 0 spiro atoms. The van der Waals surface area contributed by atoms with Crippen molar-refractivity contribution in [3.05, 3.63) is 0 Å². The summed E-state index contributed by atoms with van der Waals surface area (Å²) >= 11 is 0. The fourth-order valence-electron chi connectivity index (χ4n) is 2.36. The molecule has 1 saturated carbocycles. The van der Waals surface area contributed by atoms with Gasteiger partial charge in [-0.3, -0.25) is 9.59 Å². The molecule has 1 aliphatic rings. The number of nitrogens with one attached hydrogen (secondary N) is 1. The van der Waals surface area contributed by atoms with E-state index < -0.39 is 5.97 Å². The van der Waals surface area contributed by atoms with Gasteiger partial charge >= 0.3 is 5.97 Å². The standard InChI is InChI=1S/C12H22N2O3/c1-8(11(13)15)6-14-7-9-4-2-3-5-10(9)12(16)17/h8-10,14H,2-7H2,1H3,(H2,13,15)(H,16,17). The largest absolute Gasteiger partial charge is 0.481 e. The van der Waals surface area contributed by atoms with Crippen LogP contribution in [0.4, 0.5) is 0 Å². The first-order valence-corrected chi connectivity index (χ1v) is 6.25. The maximum Gasteiger partial charge on any atom is 0.306 e. The monoisotopic (exact) mass is 242 g/mol. The van der Waals surface area contributed by atoms with Crippen molar-refractivity contribution in [2.24, 2.45) is 23.5 Å². The molecule has 1 aliphatic carbocycles. The van der Waals surface area contributed by atoms with Gasteiger partial charge in [0.25, 0.3) is 0 Å². The first kappa shape index (κ1) is 14.0. The Hall–Kier alpha value is -1.10. The third-order valence-electron chi connectivity index (χ3n) is 3.57. The summed E-state index contributed by atoms with van der Waals surface area (Å²) in [6.45, 7) is 2.96. The normalized spacial score (nSPS) is 26.4. The number of primary amides is 1. The van der Waals surface area contributed by atoms with E-state index in [1.807, 2.05) is 0 Å². The maximum absolute atomic E-state index is 11.1. The van der Waals surface area contributed by atoms with E-state index in [4.69, 9.17) is 10.8 Å². The molecule has 0 bridgehead atoms. The SMILES string of the molecule is CC(CNCC1CCCCC1C(=O)O)C(N)=O. The van der Waals surface area contributed by atoms with Crippen molar-refractivity contribution in [1.29, 1.82) is 0 Å². The Bertz CT molecular complexity index is 281. The molecule has 0 radical (unpaired) electrons. The van der Waals surface area contributed by atoms with Gasteiger partial charge < -0.3 is 16.2 Å². The van der Waals surface area contributed by atoms with E-state index in [0.29, 0.717) is 13.1 Å². The smallest absolute Gasteiger partial charge is 0.306 e. The summed E-state index contributed by atoms with van der Waals surface area (Å²) in [6, 6.07) is 0. The van der Waals surface area contributed by atoms with Gasteiger partial charge in [0.05, 0.1) is 5.92 Å². The fraction of sp³-hybridized carbons (Fsp3) is 0.833. The summed E-state index contributed by atoms with van der Waals surface area (Å²) in [5.41, 5.74) is 5.16. The zero-order valence-electron chi connectivity index (χ0n) is 10.3. The minimum Gasteiger partial charge on any atom is -0.481 e. The van der Waals surface area contributed by atoms with Crippen molar-refractivity contribution >= 4 is 11.9 Å². The molecule has 3 atom stereocenters. The predicted octanol–water partition coefficient (Wildman–Crippen LogP) is 0.588. The molecule has 0 aliphatic heterocycles. The molecular formula is C12H22N2O3. The highest BCUT2D eigenvalue weighted by molar-refractivity contribution is 5.76. The molecule has 0 saturated heterocycles. The number of carbonyl (C=O) groups excluding carboxylic acids is 1. The Labute approximate surface area is 102 Å². The number of nitrogens with two attached hydrogens (primary N) is 1. The van der Waals surface area contributed by atoms with Gasteiger partial charge in [-0.15, -0.1) is 0 Å². The Kier molecular flexibility index (Phi) is 5.41. The minimum absolute atomic E-state index is 0.182. The molecule has 0 aromatic rings. The Balaban J connectivity index is 2.33. The van der Waals surface area contributed by atoms with E-state index in [1.165, 1.54) is 0 Å². The van der Waals surface area contributed by atoms with E-state index in [-0.39, 0.29) is 23.7 Å². The van der Waals surface area contributed by atoms with Crippen LogP contribution in [0, 0.1) is 17.8 Å². The summed E-state index contributed by atoms with van der Waals surface area (Å²) in [6.07, 6.45) is 3.83. The van der Waals surface area contributed by atoms with Gasteiger partial charge in [0.15, 0.2) is 0 Å². The van der Waals surface area contributed by atoms with E-state index in [0.717, 1.165) is 25.7 Å². The number of hydrogen-bond acceptors (Lipinski definition) is 3. The van der Waals surface area contributed by atoms with Crippen LogP contribution in [0.5, 0.6) is 0 Å². The second-order valence-corrected chi connectivity index (χ2v) is 4.95. The lowest BCUT2D eigenvalue weighted by Gasteiger charge is -2.28. The van der Waals surface area contributed by atoms with E-state index in [9.17, 15) is 9.59 Å². The Morgan fingerprint density at radius 3 is 2.65 bits per heavy atom. The highest BCUT2D eigenvalue weighted by Gasteiger charge is 2.30. The summed E-state index contributed by atoms with van der Waals surface area (Å²) in [7, 11) is 0. The summed E-state index contributed by atoms with van der Waals surface area (Å²) in [5.74, 6) is -1.28. The molecule has 4 N–H and O–H groups in total. The predicted molar refractivity (Wildman–Crippen MR) is 64.3 cm³/mol. The van der Waals surface area contributed by atoms with Crippen LogP contribution < -0.4 is 11.1 Å². The quantitative estimate of drug-likeness (QED) is 0.635. The zero-order valence-corrected chi connectivity index (χ0v) is 10.3. The second-order valence-electron chi connectivity index (χ2n) is 4.95. The van der Waals surface area contributed by atoms with Crippen LogP contribution in [0.15, 0.2) is 0 Å². The average Bonchev–Trinajstić information content (AvgIpc) is 2.29. The molecule has 0 aromatic carbocycles. The van der Waals surface area contributed by atoms with Crippen LogP contribution in [0.3, 0.4) is 0 Å². The molecule has 3 unspecified atom stereocenters. The number of hydrogen-bond donors (Lipinski definition) is 3. The number of rotatable bonds is 6. The molecule has 0 heterocycles. The number of carbonyl (C=O) groups is 2. The second kappa shape index (κ2) is 6.59. The molecule has 1 rings (SSSR count). The first-order valence-electron chi connectivity index (χ1n) is 6.25. The number of carboxylic acids is 1. The van der Waals surface area contributed by atoms with E-state index >= 15 is 0 Å². The molecule has 5 nitrogen and oxygen atoms in total. The van der Waals surface area contributed by atoms with Crippen molar-refractivity contribution in [3.63, 3.8) is 0 Å². The summed E-state index contributed by atoms with van der Waals surface area (Å²) < 4.78 is 0. The fourth-order valence-corrected chi connectivity index (χ4v) is 2.36. The maximum atomic E-state index is 11.1. The lowest BCUT2D eigenvalue weighted by Crippen LogP contribution is -2.38. The number of aliphatic carboxylic acids is 1. The Morgan fingerprint density at radius 2 is 2.06 bits per heavy atom. The average molecular weight is 242 g/mol. The molecule has 17 heavy (non-hydrogen) atoms. The van der Waals surface area contributed by atoms with Gasteiger partial charge in [-0.05, 0) is 25.3 Å². The zero-order chi connectivity index (χ0) is 12.8. The van der Waals surface area contributed by atoms with Crippen LogP contribution in [0.25, 0.3) is 0 Å². The van der Waals surface area contributed by atoms with E-state index in [2.05, 4.69) is 5.32 Å². The first-order chi connectivity index (χ1) is 8.02. The Morgan fingerprint density at radius 1 is 1.41 bits per heavy atom. The van der Waals surface area contributed by atoms with Crippen LogP contribution in [0.2, 0.25) is 0 Å². The molecule has 5 heteroatoms. The lowest BCUT2D eigenvalue weighted by atomic mass is 9.79. The van der Waals surface area contributed by atoms with E-state index in [1.54, 1.807) is 6.92 Å². The molecule has 1 fully saturated rings. The van der Waals surface area contributed by atoms with Crippen molar-refractivity contribution < 1.29 is 14.7 Å². The van der Waals surface area contributed by atoms with Gasteiger partial charge in [0, 0.05) is 12.5 Å². The number of carboxylic acid groups (broad SMARTS) is 1. The summed E-state index contributed by atoms with van der Waals surface area (Å²) in [5, 5.41) is 12.3. The topological polar surface area (TPSA) is 92.4 Å². The third kappa shape index (κ3) is 4.34. The minimum atomic E-state index is -0.695. The van der Waals surface area contributed by atoms with Gasteiger partial charge in [0.2, 0.25) is 5.91 Å². The number of amides is 1. The molecule has 0 aromatic heterocycles. The highest BCUT2D eigenvalue weighted by atomic mass is 16.4. The molecule has 98 valence electrons. The summed E-state index contributed by atoms with van der Waals surface area (Å²) in [4.78, 5) is 21.9. The molecule has 1 amide bonds.